The molecule has 2 rings (SSSR count). The Morgan fingerprint density at radius 3 is 2.33 bits per heavy atom. The van der Waals surface area contributed by atoms with E-state index in [0.717, 1.165) is 24.7 Å². The van der Waals surface area contributed by atoms with E-state index in [0.29, 0.717) is 0 Å². The Kier molecular flexibility index (Phi) is 6.24. The van der Waals surface area contributed by atoms with Crippen LogP contribution in [0.3, 0.4) is 0 Å². The molecule has 0 heterocycles. The van der Waals surface area contributed by atoms with Gasteiger partial charge in [-0.05, 0) is 49.0 Å². The highest BCUT2D eigenvalue weighted by Crippen LogP contribution is 2.21. The molecule has 0 unspecified atom stereocenters. The highest BCUT2D eigenvalue weighted by molar-refractivity contribution is 9.10. The molecular formula is C17H20BrClN2. The monoisotopic (exact) mass is 366 g/mol. The average molecular weight is 368 g/mol. The Bertz CT molecular complexity index is 584. The zero-order chi connectivity index (χ0) is 15.2. The molecule has 0 spiro atoms. The lowest BCUT2D eigenvalue weighted by Gasteiger charge is -2.18. The maximum Gasteiger partial charge on any atom is 0.0406 e. The van der Waals surface area contributed by atoms with E-state index in [1.54, 1.807) is 0 Å². The van der Waals surface area contributed by atoms with Gasteiger partial charge in [-0.15, -0.1) is 0 Å². The molecule has 0 saturated heterocycles. The smallest absolute Gasteiger partial charge is 0.0406 e. The van der Waals surface area contributed by atoms with Crippen LogP contribution in [0.4, 0.5) is 0 Å². The maximum atomic E-state index is 5.91. The van der Waals surface area contributed by atoms with Crippen LogP contribution in [0.5, 0.6) is 0 Å². The molecule has 0 atom stereocenters. The summed E-state index contributed by atoms with van der Waals surface area (Å²) in [5.41, 5.74) is 3.85. The van der Waals surface area contributed by atoms with Gasteiger partial charge in [0.25, 0.3) is 0 Å². The normalized spacial score (nSPS) is 11.1. The van der Waals surface area contributed by atoms with Crippen molar-refractivity contribution in [2.24, 2.45) is 0 Å². The van der Waals surface area contributed by atoms with Gasteiger partial charge >= 0.3 is 0 Å². The summed E-state index contributed by atoms with van der Waals surface area (Å²) in [5.74, 6) is 0. The molecule has 0 amide bonds. The lowest BCUT2D eigenvalue weighted by Crippen LogP contribution is -2.17. The summed E-state index contributed by atoms with van der Waals surface area (Å²) in [5, 5.41) is 3.95. The maximum absolute atomic E-state index is 5.91. The Balaban J connectivity index is 1.98. The fourth-order valence-corrected chi connectivity index (χ4v) is 2.96. The predicted octanol–water partition coefficient (Wildman–Crippen LogP) is 4.45. The molecule has 112 valence electrons. The van der Waals surface area contributed by atoms with E-state index in [1.165, 1.54) is 21.2 Å². The van der Waals surface area contributed by atoms with Crippen LogP contribution in [0.1, 0.15) is 16.7 Å². The topological polar surface area (TPSA) is 15.3 Å². The van der Waals surface area contributed by atoms with Crippen molar-refractivity contribution in [1.29, 1.82) is 0 Å². The molecule has 1 N–H and O–H groups in total. The van der Waals surface area contributed by atoms with E-state index >= 15 is 0 Å². The van der Waals surface area contributed by atoms with E-state index in [9.17, 15) is 0 Å². The first kappa shape index (κ1) is 16.5. The second kappa shape index (κ2) is 7.95. The van der Waals surface area contributed by atoms with Crippen molar-refractivity contribution in [2.45, 2.75) is 19.6 Å². The summed E-state index contributed by atoms with van der Waals surface area (Å²) >= 11 is 9.58. The molecule has 2 nitrogen and oxygen atoms in total. The third-order valence-electron chi connectivity index (χ3n) is 3.30. The van der Waals surface area contributed by atoms with Gasteiger partial charge in [-0.1, -0.05) is 51.8 Å². The Morgan fingerprint density at radius 2 is 1.71 bits per heavy atom. The molecule has 0 fully saturated rings. The summed E-state index contributed by atoms with van der Waals surface area (Å²) < 4.78 is 1.17. The van der Waals surface area contributed by atoms with Crippen molar-refractivity contribution in [1.82, 2.24) is 10.2 Å². The number of hydrogen-bond donors (Lipinski definition) is 1. The van der Waals surface area contributed by atoms with Gasteiger partial charge in [0.1, 0.15) is 0 Å². The molecule has 2 aromatic rings. The molecule has 0 aromatic heterocycles. The highest BCUT2D eigenvalue weighted by Gasteiger charge is 2.06. The number of benzene rings is 2. The zero-order valence-corrected chi connectivity index (χ0v) is 14.7. The minimum Gasteiger partial charge on any atom is -0.316 e. The summed E-state index contributed by atoms with van der Waals surface area (Å²) in [4.78, 5) is 2.29. The predicted molar refractivity (Wildman–Crippen MR) is 93.5 cm³/mol. The first-order valence-electron chi connectivity index (χ1n) is 6.93. The highest BCUT2D eigenvalue weighted by atomic mass is 79.9. The van der Waals surface area contributed by atoms with Gasteiger partial charge in [0.15, 0.2) is 0 Å². The lowest BCUT2D eigenvalue weighted by atomic mass is 10.1. The van der Waals surface area contributed by atoms with Crippen LogP contribution < -0.4 is 5.32 Å². The number of rotatable bonds is 6. The van der Waals surface area contributed by atoms with Crippen LogP contribution >= 0.6 is 27.5 Å². The van der Waals surface area contributed by atoms with Gasteiger partial charge in [-0.2, -0.15) is 0 Å². The SMILES string of the molecule is CNCc1ccc(CN(C)Cc2ccc(Cl)cc2)c(Br)c1. The summed E-state index contributed by atoms with van der Waals surface area (Å²) in [6.45, 7) is 2.70. The van der Waals surface area contributed by atoms with E-state index in [4.69, 9.17) is 11.6 Å². The van der Waals surface area contributed by atoms with Crippen molar-refractivity contribution >= 4 is 27.5 Å². The van der Waals surface area contributed by atoms with Crippen molar-refractivity contribution in [2.75, 3.05) is 14.1 Å². The minimum atomic E-state index is 0.782. The standard InChI is InChI=1S/C17H20BrClN2/c1-20-10-14-3-6-15(17(18)9-14)12-21(2)11-13-4-7-16(19)8-5-13/h3-9,20H,10-12H2,1-2H3. The second-order valence-electron chi connectivity index (χ2n) is 5.25. The molecule has 0 aliphatic rings. The van der Waals surface area contributed by atoms with Crippen molar-refractivity contribution in [3.63, 3.8) is 0 Å². The van der Waals surface area contributed by atoms with Crippen LogP contribution in [0.15, 0.2) is 46.9 Å². The fraction of sp³-hybridized carbons (Fsp3) is 0.294. The molecule has 21 heavy (non-hydrogen) atoms. The Morgan fingerprint density at radius 1 is 1.05 bits per heavy atom. The van der Waals surface area contributed by atoms with E-state index in [2.05, 4.69) is 63.5 Å². The van der Waals surface area contributed by atoms with E-state index in [-0.39, 0.29) is 0 Å². The van der Waals surface area contributed by atoms with Crippen LogP contribution in [0.25, 0.3) is 0 Å². The third kappa shape index (κ3) is 5.11. The number of nitrogens with one attached hydrogen (secondary N) is 1. The van der Waals surface area contributed by atoms with Gasteiger partial charge in [0.05, 0.1) is 0 Å². The van der Waals surface area contributed by atoms with Gasteiger partial charge in [0, 0.05) is 29.1 Å². The van der Waals surface area contributed by atoms with Gasteiger partial charge < -0.3 is 5.32 Å². The molecular weight excluding hydrogens is 348 g/mol. The van der Waals surface area contributed by atoms with E-state index in [1.807, 2.05) is 19.2 Å². The first-order valence-corrected chi connectivity index (χ1v) is 8.10. The summed E-state index contributed by atoms with van der Waals surface area (Å²) in [7, 11) is 4.09. The minimum absolute atomic E-state index is 0.782. The van der Waals surface area contributed by atoms with Crippen LogP contribution in [0.2, 0.25) is 5.02 Å². The van der Waals surface area contributed by atoms with Crippen LogP contribution in [-0.2, 0) is 19.6 Å². The van der Waals surface area contributed by atoms with Crippen LogP contribution in [0, 0.1) is 0 Å². The zero-order valence-electron chi connectivity index (χ0n) is 12.4. The van der Waals surface area contributed by atoms with Gasteiger partial charge in [-0.3, -0.25) is 4.90 Å². The van der Waals surface area contributed by atoms with E-state index < -0.39 is 0 Å². The third-order valence-corrected chi connectivity index (χ3v) is 4.29. The number of nitrogens with zero attached hydrogens (tertiary/aromatic N) is 1. The number of hydrogen-bond acceptors (Lipinski definition) is 2. The summed E-state index contributed by atoms with van der Waals surface area (Å²) in [6.07, 6.45) is 0. The first-order chi connectivity index (χ1) is 10.1. The van der Waals surface area contributed by atoms with Crippen molar-refractivity contribution in [3.8, 4) is 0 Å². The molecule has 4 heteroatoms. The van der Waals surface area contributed by atoms with Crippen LogP contribution in [-0.4, -0.2) is 19.0 Å². The van der Waals surface area contributed by atoms with Gasteiger partial charge in [0.2, 0.25) is 0 Å². The molecule has 2 aromatic carbocycles. The molecule has 0 aliphatic heterocycles. The average Bonchev–Trinajstić information content (AvgIpc) is 2.45. The fourth-order valence-electron chi connectivity index (χ4n) is 2.28. The second-order valence-corrected chi connectivity index (χ2v) is 6.55. The molecule has 0 bridgehead atoms. The van der Waals surface area contributed by atoms with Crippen molar-refractivity contribution in [3.05, 3.63) is 68.7 Å². The van der Waals surface area contributed by atoms with Gasteiger partial charge in [-0.25, -0.2) is 0 Å². The Labute approximate surface area is 140 Å². The molecule has 0 aliphatic carbocycles. The van der Waals surface area contributed by atoms with Crippen molar-refractivity contribution < 1.29 is 0 Å². The molecule has 0 radical (unpaired) electrons. The lowest BCUT2D eigenvalue weighted by molar-refractivity contribution is 0.318. The summed E-state index contributed by atoms with van der Waals surface area (Å²) in [6, 6.07) is 14.6. The Hall–Kier alpha value is -0.870. The molecule has 0 saturated carbocycles. The number of halogens is 2. The quantitative estimate of drug-likeness (QED) is 0.811. The largest absolute Gasteiger partial charge is 0.316 e.